The largest absolute Gasteiger partial charge is 0.446 e. The Hall–Kier alpha value is -0.458. The Morgan fingerprint density at radius 3 is 2.56 bits per heavy atom. The smallest absolute Gasteiger partial charge is 0.173 e. The Bertz CT molecular complexity index is 422. The van der Waals surface area contributed by atoms with Crippen LogP contribution >= 0.6 is 0 Å². The maximum absolute atomic E-state index is 11.8. The van der Waals surface area contributed by atoms with Gasteiger partial charge in [0.1, 0.15) is 0 Å². The molecule has 1 aliphatic rings. The Balaban J connectivity index is 0.00000162. The monoisotopic (exact) mass is 420 g/mol. The van der Waals surface area contributed by atoms with Crippen LogP contribution in [0.15, 0.2) is 11.0 Å². The molecule has 18 heavy (non-hydrogen) atoms. The molecule has 101 valence electrons. The van der Waals surface area contributed by atoms with Crippen LogP contribution in [0.1, 0.15) is 63.3 Å². The molecule has 1 aromatic rings. The summed E-state index contributed by atoms with van der Waals surface area (Å²) in [4.78, 5) is 20.2. The summed E-state index contributed by atoms with van der Waals surface area (Å²) < 4.78 is 0. The van der Waals surface area contributed by atoms with E-state index < -0.39 is 0 Å². The topological polar surface area (TPSA) is 44.1 Å². The van der Waals surface area contributed by atoms with Crippen molar-refractivity contribution in [3.63, 3.8) is 0 Å². The molecule has 0 spiro atoms. The van der Waals surface area contributed by atoms with Gasteiger partial charge >= 0.3 is 0 Å². The van der Waals surface area contributed by atoms with Crippen molar-refractivity contribution in [2.24, 2.45) is 5.92 Å². The fourth-order valence-electron chi connectivity index (χ4n) is 2.55. The minimum atomic E-state index is -0.0826. The van der Waals surface area contributed by atoms with E-state index in [1.807, 2.05) is 13.8 Å². The Kier molecular flexibility index (Phi) is 6.25. The molecule has 0 saturated heterocycles. The second kappa shape index (κ2) is 7.21. The molecule has 0 aromatic carbocycles. The van der Waals surface area contributed by atoms with Crippen LogP contribution in [-0.2, 0) is 26.8 Å². The van der Waals surface area contributed by atoms with Gasteiger partial charge in [0.05, 0.1) is 0 Å². The number of aromatic nitrogens is 2. The summed E-state index contributed by atoms with van der Waals surface area (Å²) in [5.41, 5.74) is 0.651. The average Bonchev–Trinajstić information content (AvgIpc) is 2.30. The van der Waals surface area contributed by atoms with Crippen LogP contribution in [0.25, 0.3) is 0 Å². The van der Waals surface area contributed by atoms with Crippen LogP contribution in [0.3, 0.4) is 0 Å². The van der Waals surface area contributed by atoms with Gasteiger partial charge in [0.2, 0.25) is 0 Å². The molecule has 1 heterocycles. The fraction of sp³-hybridized carbons (Fsp3) is 0.714. The van der Waals surface area contributed by atoms with Crippen LogP contribution < -0.4 is 10.5 Å². The third-order valence-corrected chi connectivity index (χ3v) is 3.65. The Morgan fingerprint density at radius 1 is 1.33 bits per heavy atom. The molecular weight excluding hydrogens is 398 g/mol. The van der Waals surface area contributed by atoms with Gasteiger partial charge in [-0.2, -0.15) is 0 Å². The van der Waals surface area contributed by atoms with E-state index in [-0.39, 0.29) is 31.9 Å². The summed E-state index contributed by atoms with van der Waals surface area (Å²) >= 11 is 0. The first-order valence-electron chi connectivity index (χ1n) is 6.69. The van der Waals surface area contributed by atoms with Crippen molar-refractivity contribution in [1.82, 2.24) is 9.97 Å². The summed E-state index contributed by atoms with van der Waals surface area (Å²) in [5, 5.41) is 0. The number of nitrogens with zero attached hydrogens (tertiary/aromatic N) is 2. The van der Waals surface area contributed by atoms with E-state index in [0.717, 1.165) is 17.8 Å². The van der Waals surface area contributed by atoms with E-state index in [9.17, 15) is 4.79 Å². The molecule has 4 heteroatoms. The molecule has 0 unspecified atom stereocenters. The second-order valence-corrected chi connectivity index (χ2v) is 5.41. The van der Waals surface area contributed by atoms with Gasteiger partial charge in [-0.1, -0.05) is 58.0 Å². The average molecular weight is 420 g/mol. The van der Waals surface area contributed by atoms with Gasteiger partial charge in [0.15, 0.2) is 5.56 Å². The summed E-state index contributed by atoms with van der Waals surface area (Å²) in [5.74, 6) is 1.64. The van der Waals surface area contributed by atoms with Gasteiger partial charge in [0.25, 0.3) is 0 Å². The number of hydrogen-bond acceptors (Lipinski definition) is 2. The molecule has 1 saturated carbocycles. The molecule has 0 atom stereocenters. The zero-order valence-electron chi connectivity index (χ0n) is 11.2. The van der Waals surface area contributed by atoms with Gasteiger partial charge in [-0.3, -0.25) is 4.79 Å². The van der Waals surface area contributed by atoms with E-state index >= 15 is 0 Å². The van der Waals surface area contributed by atoms with E-state index in [0.29, 0.717) is 5.92 Å². The molecule has 1 aliphatic carbocycles. The minimum absolute atomic E-state index is 0. The zero-order valence-corrected chi connectivity index (χ0v) is 13.9. The quantitative estimate of drug-likeness (QED) is 0.757. The molecule has 0 N–H and O–H groups in total. The molecule has 0 bridgehead atoms. The molecule has 1 radical (unpaired) electrons. The molecule has 3 nitrogen and oxygen atoms in total. The van der Waals surface area contributed by atoms with E-state index in [1.54, 1.807) is 6.20 Å². The molecule has 2 rings (SSSR count). The van der Waals surface area contributed by atoms with E-state index in [1.165, 1.54) is 32.1 Å². The van der Waals surface area contributed by atoms with Gasteiger partial charge in [0, 0.05) is 20.4 Å². The molecule has 1 fully saturated rings. The number of hydrogen-bond donors (Lipinski definition) is 0. The first-order valence-corrected chi connectivity index (χ1v) is 6.69. The van der Waals surface area contributed by atoms with Crippen LogP contribution in [0, 0.1) is 5.92 Å². The molecular formula is C14H21N2ORe-. The Labute approximate surface area is 122 Å². The second-order valence-electron chi connectivity index (χ2n) is 5.41. The summed E-state index contributed by atoms with van der Waals surface area (Å²) in [6.45, 7) is 4.00. The van der Waals surface area contributed by atoms with E-state index in [2.05, 4.69) is 9.97 Å². The van der Waals surface area contributed by atoms with Gasteiger partial charge in [-0.15, -0.1) is 0 Å². The SMILES string of the molecule is CC(C)c1cnc(CC2CCCCC2)[n-]c1=O.[Re]. The predicted octanol–water partition coefficient (Wildman–Crippen LogP) is 2.64. The summed E-state index contributed by atoms with van der Waals surface area (Å²) in [6, 6.07) is 0. The normalized spacial score (nSPS) is 16.6. The third kappa shape index (κ3) is 4.03. The van der Waals surface area contributed by atoms with Gasteiger partial charge < -0.3 is 9.97 Å². The first-order chi connectivity index (χ1) is 8.16. The first kappa shape index (κ1) is 15.6. The van der Waals surface area contributed by atoms with Crippen molar-refractivity contribution in [2.75, 3.05) is 0 Å². The van der Waals surface area contributed by atoms with Crippen molar-refractivity contribution in [3.8, 4) is 0 Å². The molecule has 0 aliphatic heterocycles. The molecule has 0 amide bonds. The minimum Gasteiger partial charge on any atom is -0.446 e. The van der Waals surface area contributed by atoms with Crippen LogP contribution in [-0.4, -0.2) is 4.98 Å². The van der Waals surface area contributed by atoms with E-state index in [4.69, 9.17) is 0 Å². The van der Waals surface area contributed by atoms with Crippen molar-refractivity contribution < 1.29 is 20.4 Å². The third-order valence-electron chi connectivity index (χ3n) is 3.65. The summed E-state index contributed by atoms with van der Waals surface area (Å²) in [7, 11) is 0. The standard InChI is InChI=1S/C14H22N2O.Re/c1-10(2)12-9-15-13(16-14(12)17)8-11-6-4-3-5-7-11;/h9-11H,3-8H2,1-2H3,(H,15,16,17);/p-1. The van der Waals surface area contributed by atoms with Gasteiger partial charge in [-0.25, -0.2) is 0 Å². The summed E-state index contributed by atoms with van der Waals surface area (Å²) in [6.07, 6.45) is 9.13. The number of rotatable bonds is 3. The van der Waals surface area contributed by atoms with Crippen molar-refractivity contribution in [3.05, 3.63) is 27.9 Å². The maximum atomic E-state index is 11.8. The van der Waals surface area contributed by atoms with Crippen molar-refractivity contribution in [1.29, 1.82) is 0 Å². The maximum Gasteiger partial charge on any atom is 0.173 e. The van der Waals surface area contributed by atoms with Crippen LogP contribution in [0.4, 0.5) is 0 Å². The molecule has 1 aromatic heterocycles. The van der Waals surface area contributed by atoms with Gasteiger partial charge in [-0.05, 0) is 23.8 Å². The zero-order chi connectivity index (χ0) is 12.3. The van der Waals surface area contributed by atoms with Crippen LogP contribution in [0.5, 0.6) is 0 Å². The fourth-order valence-corrected chi connectivity index (χ4v) is 2.55. The predicted molar refractivity (Wildman–Crippen MR) is 68.2 cm³/mol. The van der Waals surface area contributed by atoms with Crippen molar-refractivity contribution >= 4 is 0 Å². The Morgan fingerprint density at radius 2 is 2.00 bits per heavy atom. The van der Waals surface area contributed by atoms with Crippen molar-refractivity contribution in [2.45, 2.75) is 58.3 Å². The van der Waals surface area contributed by atoms with Crippen LogP contribution in [0.2, 0.25) is 0 Å².